The summed E-state index contributed by atoms with van der Waals surface area (Å²) < 4.78 is 32.9. The molecule has 6 nitrogen and oxygen atoms in total. The number of carbonyl (C=O) groups excluding carboxylic acids is 1. The molecule has 0 spiro atoms. The molecule has 17 heavy (non-hydrogen) atoms. The molecule has 1 rings (SSSR count). The van der Waals surface area contributed by atoms with Crippen LogP contribution < -0.4 is 13.8 Å². The molecule has 1 heterocycles. The molecule has 0 fully saturated rings. The topological polar surface area (TPSA) is 73.5 Å². The van der Waals surface area contributed by atoms with E-state index in [1.807, 2.05) is 0 Å². The summed E-state index contributed by atoms with van der Waals surface area (Å²) in [4.78, 5) is 11.0. The van der Waals surface area contributed by atoms with Crippen molar-refractivity contribution in [2.24, 2.45) is 0 Å². The van der Waals surface area contributed by atoms with Gasteiger partial charge in [-0.3, -0.25) is 0 Å². The zero-order valence-electron chi connectivity index (χ0n) is 9.20. The number of aromatic nitrogens is 1. The molecule has 0 aliphatic carbocycles. The van der Waals surface area contributed by atoms with Crippen LogP contribution in [0.1, 0.15) is 6.92 Å². The first-order valence-corrected chi connectivity index (χ1v) is 6.34. The third kappa shape index (κ3) is 3.87. The van der Waals surface area contributed by atoms with E-state index in [0.29, 0.717) is 0 Å². The van der Waals surface area contributed by atoms with Gasteiger partial charge in [-0.2, -0.15) is 8.42 Å². The van der Waals surface area contributed by atoms with E-state index in [0.717, 1.165) is 10.8 Å². The van der Waals surface area contributed by atoms with Crippen LogP contribution in [0.4, 0.5) is 0 Å². The standard InChI is InChI=1S/C10H12NO5S/c1-3-10(12)15-9-7-5-6-8-11(9)16-17(13,14)4-2/h3,5-8H,1,4H2,2H3/q+1. The van der Waals surface area contributed by atoms with Crippen molar-refractivity contribution in [2.45, 2.75) is 6.92 Å². The lowest BCUT2D eigenvalue weighted by Crippen LogP contribution is -2.47. The minimum atomic E-state index is -3.69. The van der Waals surface area contributed by atoms with Gasteiger partial charge < -0.3 is 4.74 Å². The minimum absolute atomic E-state index is 0.0468. The normalized spacial score (nSPS) is 10.6. The average molecular weight is 258 g/mol. The molecule has 0 aliphatic rings. The Labute approximate surface area is 99.2 Å². The first-order chi connectivity index (χ1) is 7.98. The summed E-state index contributed by atoms with van der Waals surface area (Å²) in [6.07, 6.45) is 2.28. The number of rotatable bonds is 5. The van der Waals surface area contributed by atoms with Crippen LogP contribution in [0, 0.1) is 0 Å². The van der Waals surface area contributed by atoms with Gasteiger partial charge in [-0.25, -0.2) is 4.79 Å². The lowest BCUT2D eigenvalue weighted by atomic mass is 10.5. The maximum atomic E-state index is 11.3. The summed E-state index contributed by atoms with van der Waals surface area (Å²) in [6, 6.07) is 4.51. The molecule has 0 atom stereocenters. The van der Waals surface area contributed by atoms with Gasteiger partial charge in [-0.1, -0.05) is 6.58 Å². The van der Waals surface area contributed by atoms with E-state index >= 15 is 0 Å². The molecule has 7 heteroatoms. The number of ether oxygens (including phenoxy) is 1. The minimum Gasteiger partial charge on any atom is -0.364 e. The number of hydrogen-bond donors (Lipinski definition) is 0. The first kappa shape index (κ1) is 13.2. The van der Waals surface area contributed by atoms with E-state index in [4.69, 9.17) is 9.02 Å². The summed E-state index contributed by atoms with van der Waals surface area (Å²) in [5.74, 6) is -0.944. The maximum absolute atomic E-state index is 11.3. The Hall–Kier alpha value is -1.89. The predicted molar refractivity (Wildman–Crippen MR) is 58.5 cm³/mol. The van der Waals surface area contributed by atoms with Gasteiger partial charge in [0.2, 0.25) is 6.20 Å². The van der Waals surface area contributed by atoms with Gasteiger partial charge in [-0.05, 0) is 13.0 Å². The van der Waals surface area contributed by atoms with Crippen molar-refractivity contribution in [3.05, 3.63) is 37.1 Å². The highest BCUT2D eigenvalue weighted by molar-refractivity contribution is 7.86. The molecule has 1 aromatic heterocycles. The smallest absolute Gasteiger partial charge is 0.364 e. The van der Waals surface area contributed by atoms with E-state index in [2.05, 4.69) is 6.58 Å². The molecule has 0 unspecified atom stereocenters. The summed E-state index contributed by atoms with van der Waals surface area (Å²) >= 11 is 0. The Kier molecular flexibility index (Phi) is 4.22. The second-order valence-corrected chi connectivity index (χ2v) is 4.75. The highest BCUT2D eigenvalue weighted by Gasteiger charge is 2.22. The monoisotopic (exact) mass is 258 g/mol. The molecular formula is C10H12NO5S+. The molecular weight excluding hydrogens is 246 g/mol. The van der Waals surface area contributed by atoms with Crippen LogP contribution in [-0.2, 0) is 14.9 Å². The molecule has 0 N–H and O–H groups in total. The van der Waals surface area contributed by atoms with Crippen molar-refractivity contribution in [3.63, 3.8) is 0 Å². The summed E-state index contributed by atoms with van der Waals surface area (Å²) in [5.41, 5.74) is 0. The zero-order chi connectivity index (χ0) is 12.9. The zero-order valence-corrected chi connectivity index (χ0v) is 10.0. The van der Waals surface area contributed by atoms with Crippen LogP contribution in [0.3, 0.4) is 0 Å². The highest BCUT2D eigenvalue weighted by Crippen LogP contribution is 2.02. The van der Waals surface area contributed by atoms with Crippen LogP contribution >= 0.6 is 0 Å². The van der Waals surface area contributed by atoms with E-state index in [-0.39, 0.29) is 11.6 Å². The largest absolute Gasteiger partial charge is 0.426 e. The van der Waals surface area contributed by atoms with E-state index in [9.17, 15) is 13.2 Å². The summed E-state index contributed by atoms with van der Waals surface area (Å²) in [5, 5.41) is 0. The summed E-state index contributed by atoms with van der Waals surface area (Å²) in [6.45, 7) is 4.67. The molecule has 0 saturated heterocycles. The number of nitrogens with zero attached hydrogens (tertiary/aromatic N) is 1. The van der Waals surface area contributed by atoms with Crippen LogP contribution in [0.25, 0.3) is 0 Å². The Morgan fingerprint density at radius 2 is 2.24 bits per heavy atom. The van der Waals surface area contributed by atoms with Gasteiger partial charge in [-0.15, -0.1) is 4.28 Å². The van der Waals surface area contributed by atoms with Gasteiger partial charge in [0.05, 0.1) is 16.5 Å². The number of carbonyl (C=O) groups is 1. The van der Waals surface area contributed by atoms with Crippen molar-refractivity contribution in [3.8, 4) is 5.88 Å². The predicted octanol–water partition coefficient (Wildman–Crippen LogP) is -0.156. The number of hydrogen-bond acceptors (Lipinski definition) is 5. The van der Waals surface area contributed by atoms with Gasteiger partial charge in [0.25, 0.3) is 0 Å². The van der Waals surface area contributed by atoms with Crippen molar-refractivity contribution < 1.29 is 27.0 Å². The van der Waals surface area contributed by atoms with Gasteiger partial charge in [0, 0.05) is 12.1 Å². The fourth-order valence-electron chi connectivity index (χ4n) is 0.873. The van der Waals surface area contributed by atoms with Crippen LogP contribution in [0.15, 0.2) is 37.1 Å². The second kappa shape index (κ2) is 5.44. The quantitative estimate of drug-likeness (QED) is 0.417. The number of esters is 1. The second-order valence-electron chi connectivity index (χ2n) is 2.91. The van der Waals surface area contributed by atoms with Crippen molar-refractivity contribution in [2.75, 3.05) is 5.75 Å². The molecule has 0 bridgehead atoms. The summed E-state index contributed by atoms with van der Waals surface area (Å²) in [7, 11) is -3.69. The van der Waals surface area contributed by atoms with Crippen molar-refractivity contribution in [1.29, 1.82) is 0 Å². The highest BCUT2D eigenvalue weighted by atomic mass is 32.2. The third-order valence-electron chi connectivity index (χ3n) is 1.71. The van der Waals surface area contributed by atoms with Crippen LogP contribution in [0.5, 0.6) is 5.88 Å². The fraction of sp³-hybridized carbons (Fsp3) is 0.200. The molecule has 0 radical (unpaired) electrons. The van der Waals surface area contributed by atoms with Crippen LogP contribution in [-0.4, -0.2) is 20.1 Å². The molecule has 0 saturated carbocycles. The van der Waals surface area contributed by atoms with E-state index in [1.165, 1.54) is 25.3 Å². The lowest BCUT2D eigenvalue weighted by molar-refractivity contribution is -0.857. The molecule has 0 amide bonds. The van der Waals surface area contributed by atoms with Gasteiger partial charge >= 0.3 is 22.0 Å². The Balaban J connectivity index is 3.00. The molecule has 1 aromatic rings. The Bertz CT molecular complexity index is 523. The lowest BCUT2D eigenvalue weighted by Gasteiger charge is -2.00. The van der Waals surface area contributed by atoms with E-state index in [1.54, 1.807) is 6.07 Å². The molecule has 92 valence electrons. The first-order valence-electron chi connectivity index (χ1n) is 4.76. The average Bonchev–Trinajstić information content (AvgIpc) is 2.31. The number of pyridine rings is 1. The molecule has 0 aromatic carbocycles. The van der Waals surface area contributed by atoms with Crippen molar-refractivity contribution >= 4 is 16.1 Å². The van der Waals surface area contributed by atoms with Crippen molar-refractivity contribution in [1.82, 2.24) is 0 Å². The van der Waals surface area contributed by atoms with Gasteiger partial charge in [0.15, 0.2) is 0 Å². The Morgan fingerprint density at radius 3 is 2.82 bits per heavy atom. The fourth-order valence-corrected chi connectivity index (χ4v) is 1.35. The third-order valence-corrected chi connectivity index (χ3v) is 2.80. The van der Waals surface area contributed by atoms with E-state index < -0.39 is 16.1 Å². The van der Waals surface area contributed by atoms with Gasteiger partial charge in [0.1, 0.15) is 0 Å². The SMILES string of the molecule is C=CC(=O)Oc1cccc[n+]1OS(=O)(=O)CC. The molecule has 0 aliphatic heterocycles. The maximum Gasteiger partial charge on any atom is 0.426 e. The Morgan fingerprint density at radius 1 is 1.53 bits per heavy atom. The van der Waals surface area contributed by atoms with Crippen LogP contribution in [0.2, 0.25) is 0 Å².